The van der Waals surface area contributed by atoms with E-state index in [-0.39, 0.29) is 17.1 Å². The topological polar surface area (TPSA) is 49.8 Å². The molecule has 0 radical (unpaired) electrons. The van der Waals surface area contributed by atoms with Gasteiger partial charge in [-0.15, -0.1) is 0 Å². The number of carbonyl (C=O) groups is 1. The van der Waals surface area contributed by atoms with Crippen LogP contribution in [0.3, 0.4) is 0 Å². The second-order valence-electron chi connectivity index (χ2n) is 6.43. The standard InChI is InChI=1S/C17H22FNO3/c18-14-4-2-13(3-5-14)15(20)16(21)19-9-1-6-17(12-19)7-10-22-11-8-17/h2-5,15,20H,1,6-12H2. The smallest absolute Gasteiger partial charge is 0.256 e. The van der Waals surface area contributed by atoms with Crippen molar-refractivity contribution >= 4 is 5.91 Å². The third kappa shape index (κ3) is 3.15. The highest BCUT2D eigenvalue weighted by molar-refractivity contribution is 5.82. The average Bonchev–Trinajstić information content (AvgIpc) is 2.55. The van der Waals surface area contributed by atoms with E-state index >= 15 is 0 Å². The van der Waals surface area contributed by atoms with Crippen molar-refractivity contribution in [2.75, 3.05) is 26.3 Å². The molecule has 2 heterocycles. The van der Waals surface area contributed by atoms with Crippen LogP contribution in [0.2, 0.25) is 0 Å². The van der Waals surface area contributed by atoms with Gasteiger partial charge in [-0.2, -0.15) is 0 Å². The molecular weight excluding hydrogens is 285 g/mol. The summed E-state index contributed by atoms with van der Waals surface area (Å²) in [4.78, 5) is 14.3. The van der Waals surface area contributed by atoms with Crippen LogP contribution in [0.5, 0.6) is 0 Å². The molecule has 0 aromatic heterocycles. The van der Waals surface area contributed by atoms with Crippen LogP contribution in [-0.2, 0) is 9.53 Å². The molecule has 2 saturated heterocycles. The van der Waals surface area contributed by atoms with Crippen molar-refractivity contribution in [3.05, 3.63) is 35.6 Å². The monoisotopic (exact) mass is 307 g/mol. The van der Waals surface area contributed by atoms with Gasteiger partial charge in [0.15, 0.2) is 6.10 Å². The zero-order chi connectivity index (χ0) is 15.6. The predicted octanol–water partition coefficient (Wildman–Crippen LogP) is 2.28. The number of aliphatic hydroxyl groups excluding tert-OH is 1. The number of carbonyl (C=O) groups excluding carboxylic acids is 1. The minimum Gasteiger partial charge on any atom is -0.381 e. The Morgan fingerprint density at radius 2 is 1.91 bits per heavy atom. The number of ether oxygens (including phenoxy) is 1. The molecule has 5 heteroatoms. The van der Waals surface area contributed by atoms with Crippen molar-refractivity contribution in [3.8, 4) is 0 Å². The molecule has 1 N–H and O–H groups in total. The molecule has 22 heavy (non-hydrogen) atoms. The fraction of sp³-hybridized carbons (Fsp3) is 0.588. The number of halogens is 1. The first-order valence-electron chi connectivity index (χ1n) is 7.90. The van der Waals surface area contributed by atoms with Crippen LogP contribution in [0.1, 0.15) is 37.4 Å². The highest BCUT2D eigenvalue weighted by Crippen LogP contribution is 2.39. The van der Waals surface area contributed by atoms with Crippen LogP contribution in [0, 0.1) is 11.2 Å². The van der Waals surface area contributed by atoms with Gasteiger partial charge in [-0.1, -0.05) is 12.1 Å². The summed E-state index contributed by atoms with van der Waals surface area (Å²) in [6.45, 7) is 2.87. The Balaban J connectivity index is 1.69. The summed E-state index contributed by atoms with van der Waals surface area (Å²) in [7, 11) is 0. The Bertz CT molecular complexity index is 520. The second-order valence-corrected chi connectivity index (χ2v) is 6.43. The van der Waals surface area contributed by atoms with E-state index in [0.717, 1.165) is 38.9 Å². The zero-order valence-electron chi connectivity index (χ0n) is 12.6. The third-order valence-electron chi connectivity index (χ3n) is 4.95. The van der Waals surface area contributed by atoms with Gasteiger partial charge in [-0.05, 0) is 48.8 Å². The minimum absolute atomic E-state index is 0.147. The normalized spacial score (nSPS) is 22.5. The average molecular weight is 307 g/mol. The molecule has 0 aliphatic carbocycles. The number of hydrogen-bond acceptors (Lipinski definition) is 3. The molecule has 0 saturated carbocycles. The van der Waals surface area contributed by atoms with E-state index in [1.165, 1.54) is 24.3 Å². The molecule has 1 aromatic carbocycles. The van der Waals surface area contributed by atoms with E-state index in [2.05, 4.69) is 0 Å². The zero-order valence-corrected chi connectivity index (χ0v) is 12.6. The summed E-state index contributed by atoms with van der Waals surface area (Å²) in [5.41, 5.74) is 0.590. The van der Waals surface area contributed by atoms with Crippen molar-refractivity contribution < 1.29 is 19.0 Å². The first kappa shape index (κ1) is 15.4. The molecule has 1 amide bonds. The number of likely N-dealkylation sites (tertiary alicyclic amines) is 1. The maximum atomic E-state index is 13.0. The van der Waals surface area contributed by atoms with Crippen LogP contribution in [0.15, 0.2) is 24.3 Å². The van der Waals surface area contributed by atoms with Crippen LogP contribution in [0.4, 0.5) is 4.39 Å². The van der Waals surface area contributed by atoms with Crippen molar-refractivity contribution in [1.29, 1.82) is 0 Å². The van der Waals surface area contributed by atoms with Crippen LogP contribution < -0.4 is 0 Å². The van der Waals surface area contributed by atoms with Gasteiger partial charge in [0, 0.05) is 26.3 Å². The summed E-state index contributed by atoms with van der Waals surface area (Å²) in [5, 5.41) is 10.3. The van der Waals surface area contributed by atoms with Gasteiger partial charge in [-0.25, -0.2) is 4.39 Å². The Morgan fingerprint density at radius 3 is 2.59 bits per heavy atom. The van der Waals surface area contributed by atoms with E-state index in [9.17, 15) is 14.3 Å². The van der Waals surface area contributed by atoms with E-state index in [1.807, 2.05) is 0 Å². The molecule has 2 fully saturated rings. The van der Waals surface area contributed by atoms with Crippen molar-refractivity contribution in [1.82, 2.24) is 4.90 Å². The molecule has 1 unspecified atom stereocenters. The SMILES string of the molecule is O=C(C(O)c1ccc(F)cc1)N1CCCC2(CCOCC2)C1. The summed E-state index contributed by atoms with van der Waals surface area (Å²) >= 11 is 0. The largest absolute Gasteiger partial charge is 0.381 e. The van der Waals surface area contributed by atoms with Crippen LogP contribution >= 0.6 is 0 Å². The molecule has 2 aliphatic heterocycles. The van der Waals surface area contributed by atoms with Gasteiger partial charge in [-0.3, -0.25) is 4.79 Å². The van der Waals surface area contributed by atoms with Gasteiger partial charge in [0.05, 0.1) is 0 Å². The van der Waals surface area contributed by atoms with Crippen molar-refractivity contribution in [2.45, 2.75) is 31.8 Å². The van der Waals surface area contributed by atoms with Gasteiger partial charge < -0.3 is 14.7 Å². The maximum absolute atomic E-state index is 13.0. The Morgan fingerprint density at radius 1 is 1.23 bits per heavy atom. The lowest BCUT2D eigenvalue weighted by atomic mass is 9.74. The fourth-order valence-electron chi connectivity index (χ4n) is 3.57. The first-order chi connectivity index (χ1) is 10.6. The lowest BCUT2D eigenvalue weighted by molar-refractivity contribution is -0.146. The Hall–Kier alpha value is -1.46. The Labute approximate surface area is 129 Å². The highest BCUT2D eigenvalue weighted by Gasteiger charge is 2.39. The number of hydrogen-bond donors (Lipinski definition) is 1. The molecule has 4 nitrogen and oxygen atoms in total. The van der Waals surface area contributed by atoms with Crippen molar-refractivity contribution in [2.24, 2.45) is 5.41 Å². The molecular formula is C17H22FNO3. The number of piperidine rings is 1. The molecule has 3 rings (SSSR count). The van der Waals surface area contributed by atoms with E-state index in [1.54, 1.807) is 4.90 Å². The number of aliphatic hydroxyl groups is 1. The molecule has 120 valence electrons. The van der Waals surface area contributed by atoms with Gasteiger partial charge >= 0.3 is 0 Å². The quantitative estimate of drug-likeness (QED) is 0.912. The van der Waals surface area contributed by atoms with E-state index < -0.39 is 6.10 Å². The summed E-state index contributed by atoms with van der Waals surface area (Å²) in [6, 6.07) is 5.46. The van der Waals surface area contributed by atoms with Gasteiger partial charge in [0.25, 0.3) is 5.91 Å². The maximum Gasteiger partial charge on any atom is 0.256 e. The summed E-state index contributed by atoms with van der Waals surface area (Å²) < 4.78 is 18.4. The number of amides is 1. The van der Waals surface area contributed by atoms with Crippen LogP contribution in [-0.4, -0.2) is 42.2 Å². The Kier molecular flexibility index (Phi) is 4.45. The highest BCUT2D eigenvalue weighted by atomic mass is 19.1. The van der Waals surface area contributed by atoms with E-state index in [4.69, 9.17) is 4.74 Å². The van der Waals surface area contributed by atoms with Crippen molar-refractivity contribution in [3.63, 3.8) is 0 Å². The summed E-state index contributed by atoms with van der Waals surface area (Å²) in [5.74, 6) is -0.653. The third-order valence-corrected chi connectivity index (χ3v) is 4.95. The first-order valence-corrected chi connectivity index (χ1v) is 7.90. The predicted molar refractivity (Wildman–Crippen MR) is 79.7 cm³/mol. The summed E-state index contributed by atoms with van der Waals surface area (Å²) in [6.07, 6.45) is 2.82. The van der Waals surface area contributed by atoms with E-state index in [0.29, 0.717) is 18.7 Å². The molecule has 2 aliphatic rings. The lowest BCUT2D eigenvalue weighted by Gasteiger charge is -2.45. The number of benzene rings is 1. The number of nitrogens with zero attached hydrogens (tertiary/aromatic N) is 1. The van der Waals surface area contributed by atoms with Crippen LogP contribution in [0.25, 0.3) is 0 Å². The second kappa shape index (κ2) is 6.34. The van der Waals surface area contributed by atoms with Gasteiger partial charge in [0.2, 0.25) is 0 Å². The number of rotatable bonds is 2. The molecule has 1 aromatic rings. The van der Waals surface area contributed by atoms with Gasteiger partial charge in [0.1, 0.15) is 5.82 Å². The molecule has 1 atom stereocenters. The fourth-order valence-corrected chi connectivity index (χ4v) is 3.57. The molecule has 1 spiro atoms. The minimum atomic E-state index is -1.21. The molecule has 0 bridgehead atoms. The lowest BCUT2D eigenvalue weighted by Crippen LogP contribution is -2.49.